The number of aryl methyl sites for hydroxylation is 2. The summed E-state index contributed by atoms with van der Waals surface area (Å²) in [5.41, 5.74) is 5.86. The molecule has 0 amide bonds. The molecule has 24 heavy (non-hydrogen) atoms. The van der Waals surface area contributed by atoms with Gasteiger partial charge in [-0.25, -0.2) is 0 Å². The van der Waals surface area contributed by atoms with Crippen LogP contribution >= 0.6 is 0 Å². The van der Waals surface area contributed by atoms with E-state index >= 15 is 0 Å². The van der Waals surface area contributed by atoms with Crippen LogP contribution in [0.25, 0.3) is 43.7 Å². The van der Waals surface area contributed by atoms with Gasteiger partial charge < -0.3 is 8.98 Å². The SMILES string of the molecule is CCCc1cccc2oc3c(ccc4c3c3ccccc3n4C)c12. The fraction of sp³-hybridized carbons (Fsp3) is 0.182. The Morgan fingerprint density at radius 1 is 0.833 bits per heavy atom. The van der Waals surface area contributed by atoms with Crippen molar-refractivity contribution in [2.75, 3.05) is 0 Å². The number of benzene rings is 3. The average molecular weight is 313 g/mol. The van der Waals surface area contributed by atoms with Gasteiger partial charge in [0.25, 0.3) is 0 Å². The number of para-hydroxylation sites is 1. The zero-order valence-corrected chi connectivity index (χ0v) is 14.0. The molecule has 0 spiro atoms. The number of furan rings is 1. The molecule has 0 aliphatic carbocycles. The fourth-order valence-electron chi connectivity index (χ4n) is 4.08. The van der Waals surface area contributed by atoms with Crippen LogP contribution in [0.4, 0.5) is 0 Å². The van der Waals surface area contributed by atoms with E-state index in [0.29, 0.717) is 0 Å². The van der Waals surface area contributed by atoms with Gasteiger partial charge in [-0.3, -0.25) is 0 Å². The minimum atomic E-state index is 0.997. The number of fused-ring (bicyclic) bond motifs is 7. The molecule has 0 saturated carbocycles. The summed E-state index contributed by atoms with van der Waals surface area (Å²) in [6.07, 6.45) is 2.22. The van der Waals surface area contributed by atoms with E-state index in [2.05, 4.69) is 73.1 Å². The molecular weight excluding hydrogens is 294 g/mol. The summed E-state index contributed by atoms with van der Waals surface area (Å²) in [7, 11) is 2.13. The van der Waals surface area contributed by atoms with Gasteiger partial charge >= 0.3 is 0 Å². The molecule has 0 bridgehead atoms. The topological polar surface area (TPSA) is 18.1 Å². The van der Waals surface area contributed by atoms with Gasteiger partial charge in [0, 0.05) is 28.7 Å². The van der Waals surface area contributed by atoms with Gasteiger partial charge in [-0.05, 0) is 36.2 Å². The molecule has 5 aromatic rings. The van der Waals surface area contributed by atoms with Gasteiger partial charge in [-0.1, -0.05) is 43.7 Å². The van der Waals surface area contributed by atoms with E-state index in [1.165, 1.54) is 38.1 Å². The van der Waals surface area contributed by atoms with Crippen LogP contribution in [-0.2, 0) is 13.5 Å². The first-order valence-corrected chi connectivity index (χ1v) is 8.60. The molecule has 0 aliphatic heterocycles. The van der Waals surface area contributed by atoms with Gasteiger partial charge in [0.1, 0.15) is 11.2 Å². The maximum absolute atomic E-state index is 6.36. The van der Waals surface area contributed by atoms with E-state index in [1.54, 1.807) is 0 Å². The third-order valence-corrected chi connectivity index (χ3v) is 5.15. The largest absolute Gasteiger partial charge is 0.455 e. The Hall–Kier alpha value is -2.74. The van der Waals surface area contributed by atoms with Crippen molar-refractivity contribution in [3.8, 4) is 0 Å². The van der Waals surface area contributed by atoms with E-state index in [-0.39, 0.29) is 0 Å². The van der Waals surface area contributed by atoms with Crippen molar-refractivity contribution in [1.29, 1.82) is 0 Å². The van der Waals surface area contributed by atoms with Crippen LogP contribution in [0.3, 0.4) is 0 Å². The van der Waals surface area contributed by atoms with Gasteiger partial charge in [-0.15, -0.1) is 0 Å². The second-order valence-corrected chi connectivity index (χ2v) is 6.55. The molecule has 0 N–H and O–H groups in total. The smallest absolute Gasteiger partial charge is 0.145 e. The molecule has 118 valence electrons. The van der Waals surface area contributed by atoms with E-state index in [4.69, 9.17) is 4.42 Å². The normalized spacial score (nSPS) is 12.1. The Balaban J connectivity index is 2.04. The van der Waals surface area contributed by atoms with Crippen molar-refractivity contribution in [3.63, 3.8) is 0 Å². The minimum absolute atomic E-state index is 0.997. The van der Waals surface area contributed by atoms with Crippen molar-refractivity contribution in [2.45, 2.75) is 19.8 Å². The fourth-order valence-corrected chi connectivity index (χ4v) is 4.08. The average Bonchev–Trinajstić information content (AvgIpc) is 3.12. The molecule has 0 unspecified atom stereocenters. The van der Waals surface area contributed by atoms with E-state index in [9.17, 15) is 0 Å². The molecule has 2 aromatic heterocycles. The zero-order valence-electron chi connectivity index (χ0n) is 14.0. The first-order chi connectivity index (χ1) is 11.8. The lowest BCUT2D eigenvalue weighted by molar-refractivity contribution is 0.672. The molecule has 3 aromatic carbocycles. The molecule has 5 rings (SSSR count). The lowest BCUT2D eigenvalue weighted by Gasteiger charge is -2.01. The second-order valence-electron chi connectivity index (χ2n) is 6.55. The molecule has 0 atom stereocenters. The Morgan fingerprint density at radius 3 is 2.58 bits per heavy atom. The molecule has 0 aliphatic rings. The van der Waals surface area contributed by atoms with Crippen LogP contribution in [0.2, 0.25) is 0 Å². The van der Waals surface area contributed by atoms with Crippen LogP contribution in [0, 0.1) is 0 Å². The maximum atomic E-state index is 6.36. The van der Waals surface area contributed by atoms with Gasteiger partial charge in [0.05, 0.1) is 10.9 Å². The Bertz CT molecular complexity index is 1220. The van der Waals surface area contributed by atoms with Gasteiger partial charge in [0.15, 0.2) is 0 Å². The quantitative estimate of drug-likeness (QED) is 0.380. The summed E-state index contributed by atoms with van der Waals surface area (Å²) in [5.74, 6) is 0. The third-order valence-electron chi connectivity index (χ3n) is 5.15. The van der Waals surface area contributed by atoms with E-state index in [1.807, 2.05) is 0 Å². The minimum Gasteiger partial charge on any atom is -0.455 e. The Morgan fingerprint density at radius 2 is 1.71 bits per heavy atom. The van der Waals surface area contributed by atoms with Crippen molar-refractivity contribution >= 4 is 43.7 Å². The van der Waals surface area contributed by atoms with Crippen LogP contribution in [0.15, 0.2) is 59.0 Å². The highest BCUT2D eigenvalue weighted by Crippen LogP contribution is 2.39. The summed E-state index contributed by atoms with van der Waals surface area (Å²) in [6, 6.07) is 19.4. The lowest BCUT2D eigenvalue weighted by atomic mass is 10.0. The first kappa shape index (κ1) is 13.7. The predicted molar refractivity (Wildman–Crippen MR) is 102 cm³/mol. The van der Waals surface area contributed by atoms with E-state index < -0.39 is 0 Å². The highest BCUT2D eigenvalue weighted by atomic mass is 16.3. The monoisotopic (exact) mass is 313 g/mol. The molecule has 0 saturated heterocycles. The van der Waals surface area contributed by atoms with Gasteiger partial charge in [-0.2, -0.15) is 0 Å². The predicted octanol–water partition coefficient (Wildman–Crippen LogP) is 6.18. The van der Waals surface area contributed by atoms with E-state index in [0.717, 1.165) is 24.0 Å². The highest BCUT2D eigenvalue weighted by molar-refractivity contribution is 6.23. The Kier molecular flexibility index (Phi) is 2.78. The highest BCUT2D eigenvalue weighted by Gasteiger charge is 2.17. The summed E-state index contributed by atoms with van der Waals surface area (Å²) in [6.45, 7) is 2.23. The molecular formula is C22H19NO. The number of hydrogen-bond donors (Lipinski definition) is 0. The van der Waals surface area contributed by atoms with Crippen LogP contribution < -0.4 is 0 Å². The number of aromatic nitrogens is 1. The first-order valence-electron chi connectivity index (χ1n) is 8.60. The zero-order chi connectivity index (χ0) is 16.3. The molecule has 0 fully saturated rings. The summed E-state index contributed by atoms with van der Waals surface area (Å²) in [4.78, 5) is 0. The lowest BCUT2D eigenvalue weighted by Crippen LogP contribution is -1.86. The number of nitrogens with zero attached hydrogens (tertiary/aromatic N) is 1. The number of hydrogen-bond acceptors (Lipinski definition) is 1. The van der Waals surface area contributed by atoms with Crippen molar-refractivity contribution in [2.24, 2.45) is 7.05 Å². The Labute approximate surface area is 140 Å². The maximum Gasteiger partial charge on any atom is 0.145 e. The van der Waals surface area contributed by atoms with Crippen LogP contribution in [-0.4, -0.2) is 4.57 Å². The summed E-state index contributed by atoms with van der Waals surface area (Å²) in [5, 5.41) is 5.00. The van der Waals surface area contributed by atoms with Crippen molar-refractivity contribution < 1.29 is 4.42 Å². The van der Waals surface area contributed by atoms with Crippen LogP contribution in [0.1, 0.15) is 18.9 Å². The second kappa shape index (κ2) is 4.88. The van der Waals surface area contributed by atoms with Crippen molar-refractivity contribution in [1.82, 2.24) is 4.57 Å². The molecule has 2 heterocycles. The third kappa shape index (κ3) is 1.66. The molecule has 2 nitrogen and oxygen atoms in total. The van der Waals surface area contributed by atoms with Gasteiger partial charge in [0.2, 0.25) is 0 Å². The van der Waals surface area contributed by atoms with Crippen molar-refractivity contribution in [3.05, 3.63) is 60.2 Å². The summed E-state index contributed by atoms with van der Waals surface area (Å²) < 4.78 is 8.62. The standard InChI is InChI=1S/C22H19NO/c1-3-7-14-8-6-11-19-20(14)16-12-13-18-21(22(16)24-19)15-9-4-5-10-17(15)23(18)2/h4-6,8-13H,3,7H2,1-2H3. The summed E-state index contributed by atoms with van der Waals surface area (Å²) >= 11 is 0. The molecule has 2 heteroatoms. The number of rotatable bonds is 2. The van der Waals surface area contributed by atoms with Crippen LogP contribution in [0.5, 0.6) is 0 Å². The molecule has 0 radical (unpaired) electrons.